The van der Waals surface area contributed by atoms with E-state index in [0.29, 0.717) is 6.04 Å². The van der Waals surface area contributed by atoms with Crippen LogP contribution in [0.2, 0.25) is 0 Å². The average molecular weight is 195 g/mol. The van der Waals surface area contributed by atoms with Crippen LogP contribution >= 0.6 is 12.6 Å². The summed E-state index contributed by atoms with van der Waals surface area (Å²) >= 11 is 4.22. The predicted molar refractivity (Wildman–Crippen MR) is 62.7 cm³/mol. The molecule has 0 saturated carbocycles. The Morgan fingerprint density at radius 1 is 1.23 bits per heavy atom. The van der Waals surface area contributed by atoms with Gasteiger partial charge in [-0.2, -0.15) is 12.6 Å². The number of nitrogens with zero attached hydrogens (tertiary/aromatic N) is 1. The van der Waals surface area contributed by atoms with Crippen molar-refractivity contribution in [2.45, 2.75) is 25.6 Å². The number of rotatable bonds is 3. The third-order valence-electron chi connectivity index (χ3n) is 2.30. The first-order valence-electron chi connectivity index (χ1n) is 4.57. The summed E-state index contributed by atoms with van der Waals surface area (Å²) in [4.78, 5) is 2.25. The van der Waals surface area contributed by atoms with Crippen LogP contribution in [0.15, 0.2) is 24.3 Å². The molecule has 0 aromatic heterocycles. The van der Waals surface area contributed by atoms with Crippen molar-refractivity contribution >= 4 is 18.3 Å². The van der Waals surface area contributed by atoms with Gasteiger partial charge in [0.25, 0.3) is 0 Å². The van der Waals surface area contributed by atoms with Gasteiger partial charge in [0.05, 0.1) is 0 Å². The van der Waals surface area contributed by atoms with Crippen molar-refractivity contribution in [3.63, 3.8) is 0 Å². The number of hydrogen-bond donors (Lipinski definition) is 1. The Kier molecular flexibility index (Phi) is 3.67. The van der Waals surface area contributed by atoms with E-state index in [2.05, 4.69) is 62.7 Å². The summed E-state index contributed by atoms with van der Waals surface area (Å²) in [5, 5.41) is 0. The van der Waals surface area contributed by atoms with Crippen LogP contribution in [0.1, 0.15) is 19.4 Å². The first-order chi connectivity index (χ1) is 6.15. The molecule has 0 heterocycles. The van der Waals surface area contributed by atoms with Gasteiger partial charge in [-0.15, -0.1) is 0 Å². The molecule has 1 nitrogen and oxygen atoms in total. The highest BCUT2D eigenvalue weighted by Gasteiger charge is 2.03. The smallest absolute Gasteiger partial charge is 0.0366 e. The van der Waals surface area contributed by atoms with E-state index >= 15 is 0 Å². The quantitative estimate of drug-likeness (QED) is 0.726. The molecule has 72 valence electrons. The van der Waals surface area contributed by atoms with Crippen molar-refractivity contribution in [1.82, 2.24) is 0 Å². The third kappa shape index (κ3) is 2.66. The molecule has 0 fully saturated rings. The number of hydrogen-bond acceptors (Lipinski definition) is 2. The molecule has 0 unspecified atom stereocenters. The maximum atomic E-state index is 4.22. The zero-order valence-electron chi connectivity index (χ0n) is 8.49. The Labute approximate surface area is 86.2 Å². The second-order valence-corrected chi connectivity index (χ2v) is 3.85. The molecule has 0 aliphatic rings. The maximum Gasteiger partial charge on any atom is 0.0366 e. The van der Waals surface area contributed by atoms with Crippen molar-refractivity contribution in [2.75, 3.05) is 11.9 Å². The van der Waals surface area contributed by atoms with E-state index in [-0.39, 0.29) is 0 Å². The largest absolute Gasteiger partial charge is 0.372 e. The van der Waals surface area contributed by atoms with Crippen molar-refractivity contribution in [3.8, 4) is 0 Å². The molecule has 0 spiro atoms. The van der Waals surface area contributed by atoms with Crippen LogP contribution in [0.5, 0.6) is 0 Å². The highest BCUT2D eigenvalue weighted by molar-refractivity contribution is 7.79. The summed E-state index contributed by atoms with van der Waals surface area (Å²) in [6.45, 7) is 4.37. The minimum Gasteiger partial charge on any atom is -0.372 e. The predicted octanol–water partition coefficient (Wildman–Crippen LogP) is 2.96. The number of thiol groups is 1. The standard InChI is InChI=1S/C11H17NS/c1-9(2)12(3)11-6-4-10(8-13)5-7-11/h4-7,9,13H,8H2,1-3H3. The van der Waals surface area contributed by atoms with Crippen LogP contribution in [0.3, 0.4) is 0 Å². The molecule has 0 bridgehead atoms. The average Bonchev–Trinajstić information content (AvgIpc) is 2.17. The lowest BCUT2D eigenvalue weighted by Gasteiger charge is -2.23. The molecule has 0 radical (unpaired) electrons. The summed E-state index contributed by atoms with van der Waals surface area (Å²) in [5.74, 6) is 0.811. The van der Waals surface area contributed by atoms with E-state index in [1.54, 1.807) is 0 Å². The van der Waals surface area contributed by atoms with E-state index < -0.39 is 0 Å². The van der Waals surface area contributed by atoms with Crippen molar-refractivity contribution in [1.29, 1.82) is 0 Å². The molecule has 2 heteroatoms. The van der Waals surface area contributed by atoms with Crippen molar-refractivity contribution in [3.05, 3.63) is 29.8 Å². The Bertz CT molecular complexity index is 253. The Hall–Kier alpha value is -0.630. The minimum absolute atomic E-state index is 0.543. The molecule has 13 heavy (non-hydrogen) atoms. The normalized spacial score (nSPS) is 10.5. The molecule has 0 saturated heterocycles. The zero-order valence-corrected chi connectivity index (χ0v) is 9.38. The lowest BCUT2D eigenvalue weighted by molar-refractivity contribution is 0.754. The van der Waals surface area contributed by atoms with Gasteiger partial charge in [0.1, 0.15) is 0 Å². The van der Waals surface area contributed by atoms with Gasteiger partial charge in [0.2, 0.25) is 0 Å². The zero-order chi connectivity index (χ0) is 9.84. The summed E-state index contributed by atoms with van der Waals surface area (Å²) in [6.07, 6.45) is 0. The van der Waals surface area contributed by atoms with Gasteiger partial charge in [-0.25, -0.2) is 0 Å². The second kappa shape index (κ2) is 4.56. The highest BCUT2D eigenvalue weighted by Crippen LogP contribution is 2.16. The Morgan fingerprint density at radius 3 is 2.15 bits per heavy atom. The lowest BCUT2D eigenvalue weighted by Crippen LogP contribution is -2.25. The fourth-order valence-electron chi connectivity index (χ4n) is 1.13. The minimum atomic E-state index is 0.543. The monoisotopic (exact) mass is 195 g/mol. The molecule has 0 atom stereocenters. The lowest BCUT2D eigenvalue weighted by atomic mass is 10.2. The molecule has 1 rings (SSSR count). The molecule has 0 aliphatic carbocycles. The fourth-order valence-corrected chi connectivity index (χ4v) is 1.35. The van der Waals surface area contributed by atoms with Crippen LogP contribution in [-0.4, -0.2) is 13.1 Å². The van der Waals surface area contributed by atoms with Gasteiger partial charge in [-0.3, -0.25) is 0 Å². The van der Waals surface area contributed by atoms with Gasteiger partial charge in [0, 0.05) is 24.5 Å². The van der Waals surface area contributed by atoms with Gasteiger partial charge in [-0.1, -0.05) is 12.1 Å². The molecular formula is C11H17NS. The van der Waals surface area contributed by atoms with Crippen LogP contribution in [0.4, 0.5) is 5.69 Å². The van der Waals surface area contributed by atoms with Gasteiger partial charge in [0.15, 0.2) is 0 Å². The van der Waals surface area contributed by atoms with Crippen molar-refractivity contribution < 1.29 is 0 Å². The molecule has 0 aliphatic heterocycles. The SMILES string of the molecule is CC(C)N(C)c1ccc(CS)cc1. The van der Waals surface area contributed by atoms with E-state index in [4.69, 9.17) is 0 Å². The maximum absolute atomic E-state index is 4.22. The van der Waals surface area contributed by atoms with Crippen LogP contribution in [-0.2, 0) is 5.75 Å². The molecule has 0 N–H and O–H groups in total. The fraction of sp³-hybridized carbons (Fsp3) is 0.455. The van der Waals surface area contributed by atoms with E-state index in [1.165, 1.54) is 11.3 Å². The van der Waals surface area contributed by atoms with Gasteiger partial charge >= 0.3 is 0 Å². The molecule has 1 aromatic rings. The summed E-state index contributed by atoms with van der Waals surface area (Å²) in [7, 11) is 2.11. The summed E-state index contributed by atoms with van der Waals surface area (Å²) < 4.78 is 0. The highest BCUT2D eigenvalue weighted by atomic mass is 32.1. The Morgan fingerprint density at radius 2 is 1.77 bits per heavy atom. The first-order valence-corrected chi connectivity index (χ1v) is 5.21. The number of benzene rings is 1. The van der Waals surface area contributed by atoms with E-state index in [9.17, 15) is 0 Å². The van der Waals surface area contributed by atoms with Crippen LogP contribution in [0.25, 0.3) is 0 Å². The van der Waals surface area contributed by atoms with Crippen LogP contribution in [0, 0.1) is 0 Å². The first kappa shape index (κ1) is 10.5. The molecule has 0 amide bonds. The van der Waals surface area contributed by atoms with E-state index in [0.717, 1.165) is 5.75 Å². The summed E-state index contributed by atoms with van der Waals surface area (Å²) in [5.41, 5.74) is 2.53. The van der Waals surface area contributed by atoms with E-state index in [1.807, 2.05) is 0 Å². The molecular weight excluding hydrogens is 178 g/mol. The summed E-state index contributed by atoms with van der Waals surface area (Å²) in [6, 6.07) is 9.08. The van der Waals surface area contributed by atoms with Crippen molar-refractivity contribution in [2.24, 2.45) is 0 Å². The van der Waals surface area contributed by atoms with Gasteiger partial charge in [-0.05, 0) is 31.5 Å². The topological polar surface area (TPSA) is 3.24 Å². The second-order valence-electron chi connectivity index (χ2n) is 3.53. The van der Waals surface area contributed by atoms with Gasteiger partial charge < -0.3 is 4.90 Å². The third-order valence-corrected chi connectivity index (χ3v) is 2.67. The van der Waals surface area contributed by atoms with Crippen LogP contribution < -0.4 is 4.90 Å². The number of anilines is 1. The Balaban J connectivity index is 2.79. The molecule has 1 aromatic carbocycles.